The van der Waals surface area contributed by atoms with Gasteiger partial charge in [-0.05, 0) is 49.3 Å². The van der Waals surface area contributed by atoms with Gasteiger partial charge in [0.15, 0.2) is 0 Å². The molecule has 2 heterocycles. The first kappa shape index (κ1) is 19.4. The van der Waals surface area contributed by atoms with Gasteiger partial charge < -0.3 is 21.3 Å². The molecular weight excluding hydrogens is 392 g/mol. The Morgan fingerprint density at radius 2 is 2.10 bits per heavy atom. The van der Waals surface area contributed by atoms with Gasteiger partial charge in [-0.3, -0.25) is 9.59 Å². The lowest BCUT2D eigenvalue weighted by Crippen LogP contribution is -2.51. The molecule has 1 unspecified atom stereocenters. The first-order valence-corrected chi connectivity index (χ1v) is 10.7. The Labute approximate surface area is 180 Å². The van der Waals surface area contributed by atoms with E-state index >= 15 is 0 Å². The quantitative estimate of drug-likeness (QED) is 0.532. The zero-order chi connectivity index (χ0) is 21.4. The summed E-state index contributed by atoms with van der Waals surface area (Å²) in [6.45, 7) is 0.314. The van der Waals surface area contributed by atoms with Gasteiger partial charge in [0.2, 0.25) is 5.91 Å². The van der Waals surface area contributed by atoms with Crippen LogP contribution in [-0.4, -0.2) is 29.7 Å². The predicted molar refractivity (Wildman–Crippen MR) is 114 cm³/mol. The summed E-state index contributed by atoms with van der Waals surface area (Å²) in [5.41, 5.74) is 3.02. The SMILES string of the molecule is N#Cc1cccc(CNC(=O)[C@H](NC(=O)C2=CNC3=NC=C(C4CC4)NC23)C2CC2)c1. The summed E-state index contributed by atoms with van der Waals surface area (Å²) in [5, 5.41) is 21.4. The number of amidine groups is 1. The van der Waals surface area contributed by atoms with Crippen LogP contribution in [0.4, 0.5) is 0 Å². The van der Waals surface area contributed by atoms with Crippen LogP contribution in [0, 0.1) is 23.2 Å². The van der Waals surface area contributed by atoms with E-state index in [4.69, 9.17) is 5.26 Å². The highest BCUT2D eigenvalue weighted by molar-refractivity contribution is 6.09. The van der Waals surface area contributed by atoms with E-state index in [9.17, 15) is 9.59 Å². The van der Waals surface area contributed by atoms with Crippen LogP contribution in [0.15, 0.2) is 52.9 Å². The van der Waals surface area contributed by atoms with E-state index in [1.165, 1.54) is 0 Å². The van der Waals surface area contributed by atoms with E-state index in [0.717, 1.165) is 36.9 Å². The third-order valence-corrected chi connectivity index (χ3v) is 6.08. The molecule has 31 heavy (non-hydrogen) atoms. The molecule has 0 spiro atoms. The van der Waals surface area contributed by atoms with Gasteiger partial charge in [-0.2, -0.15) is 5.26 Å². The Morgan fingerprint density at radius 3 is 2.84 bits per heavy atom. The van der Waals surface area contributed by atoms with Crippen LogP contribution < -0.4 is 21.3 Å². The van der Waals surface area contributed by atoms with Gasteiger partial charge in [0.1, 0.15) is 17.9 Å². The summed E-state index contributed by atoms with van der Waals surface area (Å²) in [7, 11) is 0. The highest BCUT2D eigenvalue weighted by Crippen LogP contribution is 2.37. The summed E-state index contributed by atoms with van der Waals surface area (Å²) in [6.07, 6.45) is 7.65. The van der Waals surface area contributed by atoms with Crippen molar-refractivity contribution >= 4 is 17.6 Å². The Balaban J connectivity index is 1.21. The number of carbonyl (C=O) groups is 2. The molecule has 2 saturated carbocycles. The highest BCUT2D eigenvalue weighted by atomic mass is 16.2. The van der Waals surface area contributed by atoms with Crippen molar-refractivity contribution in [2.24, 2.45) is 16.8 Å². The number of nitriles is 1. The number of benzene rings is 1. The average Bonchev–Trinajstić information content (AvgIpc) is 3.72. The van der Waals surface area contributed by atoms with Gasteiger partial charge >= 0.3 is 0 Å². The Hall–Kier alpha value is -3.60. The lowest BCUT2D eigenvalue weighted by molar-refractivity contribution is -0.128. The van der Waals surface area contributed by atoms with Gasteiger partial charge in [-0.25, -0.2) is 4.99 Å². The monoisotopic (exact) mass is 416 g/mol. The molecule has 4 N–H and O–H groups in total. The molecular formula is C23H24N6O2. The van der Waals surface area contributed by atoms with Gasteiger partial charge in [0.05, 0.1) is 17.2 Å². The van der Waals surface area contributed by atoms with Crippen molar-refractivity contribution in [1.82, 2.24) is 21.3 Å². The number of nitrogens with one attached hydrogen (secondary N) is 4. The second kappa shape index (κ2) is 7.91. The second-order valence-electron chi connectivity index (χ2n) is 8.51. The number of allylic oxidation sites excluding steroid dienone is 1. The summed E-state index contributed by atoms with van der Waals surface area (Å²) in [4.78, 5) is 30.4. The van der Waals surface area contributed by atoms with Gasteiger partial charge in [-0.15, -0.1) is 0 Å². The van der Waals surface area contributed by atoms with Crippen LogP contribution in [0.3, 0.4) is 0 Å². The molecule has 158 valence electrons. The average molecular weight is 416 g/mol. The van der Waals surface area contributed by atoms with Gasteiger partial charge in [0, 0.05) is 30.6 Å². The maximum absolute atomic E-state index is 13.0. The number of hydrogen-bond donors (Lipinski definition) is 4. The van der Waals surface area contributed by atoms with Crippen molar-refractivity contribution in [3.8, 4) is 6.07 Å². The summed E-state index contributed by atoms with van der Waals surface area (Å²) in [5.74, 6) is 0.914. The normalized spacial score (nSPS) is 22.4. The van der Waals surface area contributed by atoms with Crippen LogP contribution >= 0.6 is 0 Å². The molecule has 1 aromatic rings. The molecule has 0 saturated heterocycles. The Morgan fingerprint density at radius 1 is 1.26 bits per heavy atom. The number of fused-ring (bicyclic) bond motifs is 1. The minimum Gasteiger partial charge on any atom is -0.373 e. The lowest BCUT2D eigenvalue weighted by Gasteiger charge is -2.24. The zero-order valence-electron chi connectivity index (χ0n) is 17.0. The molecule has 8 nitrogen and oxygen atoms in total. The Kier molecular flexibility index (Phi) is 4.94. The fourth-order valence-electron chi connectivity index (χ4n) is 3.98. The van der Waals surface area contributed by atoms with Crippen LogP contribution in [0.5, 0.6) is 0 Å². The number of amides is 2. The minimum atomic E-state index is -0.574. The summed E-state index contributed by atoms with van der Waals surface area (Å²) in [6, 6.07) is 8.36. The number of aliphatic imine (C=N–C) groups is 1. The third-order valence-electron chi connectivity index (χ3n) is 6.08. The van der Waals surface area contributed by atoms with Crippen LogP contribution in [0.2, 0.25) is 0 Å². The molecule has 2 fully saturated rings. The molecule has 2 atom stereocenters. The second-order valence-corrected chi connectivity index (χ2v) is 8.51. The summed E-state index contributed by atoms with van der Waals surface area (Å²) >= 11 is 0. The fraction of sp³-hybridized carbons (Fsp3) is 0.391. The van der Waals surface area contributed by atoms with E-state index in [-0.39, 0.29) is 23.8 Å². The zero-order valence-corrected chi connectivity index (χ0v) is 17.0. The maximum Gasteiger partial charge on any atom is 0.251 e. The lowest BCUT2D eigenvalue weighted by atomic mass is 10.0. The van der Waals surface area contributed by atoms with E-state index in [1.54, 1.807) is 24.4 Å². The highest BCUT2D eigenvalue weighted by Gasteiger charge is 2.41. The molecule has 1 aromatic carbocycles. The summed E-state index contributed by atoms with van der Waals surface area (Å²) < 4.78 is 0. The molecule has 8 heteroatoms. The molecule has 5 rings (SSSR count). The van der Waals surface area contributed by atoms with E-state index in [2.05, 4.69) is 32.3 Å². The number of nitrogens with zero attached hydrogens (tertiary/aromatic N) is 2. The van der Waals surface area contributed by atoms with Crippen molar-refractivity contribution in [3.63, 3.8) is 0 Å². The first-order valence-electron chi connectivity index (χ1n) is 10.7. The molecule has 2 aliphatic heterocycles. The predicted octanol–water partition coefficient (Wildman–Crippen LogP) is 1.18. The maximum atomic E-state index is 13.0. The largest absolute Gasteiger partial charge is 0.373 e. The van der Waals surface area contributed by atoms with E-state index < -0.39 is 6.04 Å². The first-order chi connectivity index (χ1) is 15.1. The molecule has 0 aromatic heterocycles. The molecule has 2 aliphatic carbocycles. The molecule has 4 aliphatic rings. The van der Waals surface area contributed by atoms with Crippen LogP contribution in [0.25, 0.3) is 0 Å². The van der Waals surface area contributed by atoms with Crippen molar-refractivity contribution in [2.75, 3.05) is 0 Å². The Bertz CT molecular complexity index is 1060. The van der Waals surface area contributed by atoms with Gasteiger partial charge in [0.25, 0.3) is 5.91 Å². The van der Waals surface area contributed by atoms with Crippen LogP contribution in [-0.2, 0) is 16.1 Å². The number of carbonyl (C=O) groups excluding carboxylic acids is 2. The number of rotatable bonds is 7. The van der Waals surface area contributed by atoms with Gasteiger partial charge in [-0.1, -0.05) is 12.1 Å². The van der Waals surface area contributed by atoms with Crippen molar-refractivity contribution in [3.05, 3.63) is 59.1 Å². The fourth-order valence-corrected chi connectivity index (χ4v) is 3.98. The minimum absolute atomic E-state index is 0.152. The van der Waals surface area contributed by atoms with Crippen molar-refractivity contribution < 1.29 is 9.59 Å². The number of hydrogen-bond acceptors (Lipinski definition) is 6. The molecule has 0 radical (unpaired) electrons. The molecule has 0 bridgehead atoms. The van der Waals surface area contributed by atoms with Crippen molar-refractivity contribution in [1.29, 1.82) is 5.26 Å². The van der Waals surface area contributed by atoms with E-state index in [0.29, 0.717) is 29.4 Å². The topological polar surface area (TPSA) is 118 Å². The van der Waals surface area contributed by atoms with E-state index in [1.807, 2.05) is 12.3 Å². The van der Waals surface area contributed by atoms with Crippen molar-refractivity contribution in [2.45, 2.75) is 44.3 Å². The standard InChI is InChI=1S/C23H24N6O2/c24-9-13-2-1-3-14(8-13)10-27-23(31)19(16-6-7-16)29-22(30)17-11-25-21-20(17)28-18(12-26-21)15-4-5-15/h1-3,8,11-12,15-16,19-20,28H,4-7,10H2,(H,25,26)(H,27,31)(H,29,30)/t19-,20?/m1/s1. The smallest absolute Gasteiger partial charge is 0.251 e. The molecule has 2 amide bonds. The third kappa shape index (κ3) is 4.17. The van der Waals surface area contributed by atoms with Crippen LogP contribution in [0.1, 0.15) is 36.8 Å².